The molecule has 1 aliphatic rings. The molecule has 1 aromatic carbocycles. The minimum Gasteiger partial charge on any atom is -0.481 e. The van der Waals surface area contributed by atoms with Crippen molar-refractivity contribution in [3.05, 3.63) is 29.3 Å². The number of thiazole rings is 1. The zero-order valence-electron chi connectivity index (χ0n) is 14.9. The number of ether oxygens (including phenoxy) is 2. The van der Waals surface area contributed by atoms with E-state index in [-0.39, 0.29) is 25.5 Å². The van der Waals surface area contributed by atoms with Crippen LogP contribution >= 0.6 is 11.3 Å². The number of hydrogen-bond acceptors (Lipinski definition) is 6. The first kappa shape index (κ1) is 19.2. The Labute approximate surface area is 161 Å². The van der Waals surface area contributed by atoms with Gasteiger partial charge in [-0.2, -0.15) is 0 Å². The van der Waals surface area contributed by atoms with Gasteiger partial charge in [0.1, 0.15) is 5.01 Å². The van der Waals surface area contributed by atoms with E-state index >= 15 is 0 Å². The second-order valence-electron chi connectivity index (χ2n) is 6.30. The first-order valence-electron chi connectivity index (χ1n) is 8.95. The summed E-state index contributed by atoms with van der Waals surface area (Å²) in [5, 5.41) is 14.2. The molecule has 0 fully saturated rings. The lowest BCUT2D eigenvalue weighted by Gasteiger charge is -2.04. The highest BCUT2D eigenvalue weighted by atomic mass is 32.1. The predicted molar refractivity (Wildman–Crippen MR) is 101 cm³/mol. The second kappa shape index (κ2) is 9.36. The van der Waals surface area contributed by atoms with E-state index in [0.717, 1.165) is 41.3 Å². The van der Waals surface area contributed by atoms with E-state index < -0.39 is 5.97 Å². The average Bonchev–Trinajstić information content (AvgIpc) is 3.29. The summed E-state index contributed by atoms with van der Waals surface area (Å²) in [4.78, 5) is 27.0. The minimum atomic E-state index is -0.758. The smallest absolute Gasteiger partial charge is 0.303 e. The molecular formula is C19H22N2O5S. The summed E-state index contributed by atoms with van der Waals surface area (Å²) in [6, 6.07) is 5.69. The van der Waals surface area contributed by atoms with E-state index in [0.29, 0.717) is 18.7 Å². The van der Waals surface area contributed by atoms with E-state index in [9.17, 15) is 9.59 Å². The molecule has 1 aromatic heterocycles. The van der Waals surface area contributed by atoms with Crippen LogP contribution < -0.4 is 14.8 Å². The van der Waals surface area contributed by atoms with Gasteiger partial charge < -0.3 is 19.9 Å². The van der Waals surface area contributed by atoms with Gasteiger partial charge in [0, 0.05) is 23.9 Å². The molecule has 3 rings (SSSR count). The Morgan fingerprint density at radius 1 is 1.15 bits per heavy atom. The number of unbranched alkanes of at least 4 members (excludes halogenated alkanes) is 3. The van der Waals surface area contributed by atoms with Crippen molar-refractivity contribution in [1.82, 2.24) is 10.3 Å². The van der Waals surface area contributed by atoms with Gasteiger partial charge in [-0.05, 0) is 31.0 Å². The number of carboxylic acid groups (broad SMARTS) is 1. The Balaban J connectivity index is 1.40. The van der Waals surface area contributed by atoms with Crippen LogP contribution in [0.1, 0.15) is 37.8 Å². The third-order valence-electron chi connectivity index (χ3n) is 4.15. The van der Waals surface area contributed by atoms with Crippen molar-refractivity contribution in [2.75, 3.05) is 13.3 Å². The maximum Gasteiger partial charge on any atom is 0.303 e. The summed E-state index contributed by atoms with van der Waals surface area (Å²) in [7, 11) is 0. The monoisotopic (exact) mass is 390 g/mol. The van der Waals surface area contributed by atoms with Crippen molar-refractivity contribution in [3.8, 4) is 22.1 Å². The van der Waals surface area contributed by atoms with Gasteiger partial charge in [0.05, 0.1) is 12.1 Å². The molecule has 144 valence electrons. The molecule has 2 N–H and O–H groups in total. The Bertz CT molecular complexity index is 805. The van der Waals surface area contributed by atoms with Gasteiger partial charge >= 0.3 is 5.97 Å². The molecule has 0 radical (unpaired) electrons. The number of hydrogen-bond donors (Lipinski definition) is 2. The van der Waals surface area contributed by atoms with Crippen LogP contribution in [0.5, 0.6) is 11.5 Å². The highest BCUT2D eigenvalue weighted by molar-refractivity contribution is 7.13. The number of aromatic nitrogens is 1. The summed E-state index contributed by atoms with van der Waals surface area (Å²) >= 11 is 1.49. The number of benzene rings is 1. The number of carbonyl (C=O) groups excluding carboxylic acids is 1. The molecule has 0 spiro atoms. The Kier molecular flexibility index (Phi) is 6.64. The van der Waals surface area contributed by atoms with Crippen molar-refractivity contribution >= 4 is 23.2 Å². The van der Waals surface area contributed by atoms with E-state index in [1.54, 1.807) is 0 Å². The first-order chi connectivity index (χ1) is 13.1. The van der Waals surface area contributed by atoms with Crippen molar-refractivity contribution in [2.24, 2.45) is 0 Å². The van der Waals surface area contributed by atoms with Crippen LogP contribution in [0.4, 0.5) is 0 Å². The van der Waals surface area contributed by atoms with Crippen LogP contribution in [0.25, 0.3) is 10.6 Å². The molecule has 1 amide bonds. The molecule has 27 heavy (non-hydrogen) atoms. The summed E-state index contributed by atoms with van der Waals surface area (Å²) in [6.07, 6.45) is 3.78. The van der Waals surface area contributed by atoms with Crippen molar-refractivity contribution in [2.45, 2.75) is 38.5 Å². The van der Waals surface area contributed by atoms with E-state index in [2.05, 4.69) is 10.3 Å². The van der Waals surface area contributed by atoms with Gasteiger partial charge in [-0.3, -0.25) is 9.59 Å². The van der Waals surface area contributed by atoms with Crippen LogP contribution in [-0.2, 0) is 16.0 Å². The number of nitrogens with zero attached hydrogens (tertiary/aromatic N) is 1. The number of aliphatic carboxylic acids is 1. The van der Waals surface area contributed by atoms with Crippen LogP contribution in [0, 0.1) is 0 Å². The number of carbonyl (C=O) groups is 2. The molecule has 1 aliphatic heterocycles. The van der Waals surface area contributed by atoms with Crippen molar-refractivity contribution in [1.29, 1.82) is 0 Å². The summed E-state index contributed by atoms with van der Waals surface area (Å²) in [6.45, 7) is 0.840. The summed E-state index contributed by atoms with van der Waals surface area (Å²) in [5.74, 6) is 0.637. The van der Waals surface area contributed by atoms with E-state index in [4.69, 9.17) is 14.6 Å². The first-order valence-corrected chi connectivity index (χ1v) is 9.83. The number of nitrogens with one attached hydrogen (secondary N) is 1. The maximum atomic E-state index is 12.0. The topological polar surface area (TPSA) is 97.8 Å². The third-order valence-corrected chi connectivity index (χ3v) is 5.09. The van der Waals surface area contributed by atoms with Crippen LogP contribution in [0.15, 0.2) is 23.6 Å². The fourth-order valence-corrected chi connectivity index (χ4v) is 3.58. The molecule has 0 saturated heterocycles. The van der Waals surface area contributed by atoms with E-state index in [1.807, 2.05) is 23.6 Å². The van der Waals surface area contributed by atoms with Crippen molar-refractivity contribution < 1.29 is 24.2 Å². The normalized spacial score (nSPS) is 12.1. The molecule has 0 unspecified atom stereocenters. The third kappa shape index (κ3) is 5.68. The lowest BCUT2D eigenvalue weighted by Crippen LogP contribution is -2.26. The zero-order chi connectivity index (χ0) is 19.1. The molecule has 8 heteroatoms. The lowest BCUT2D eigenvalue weighted by atomic mass is 10.1. The second-order valence-corrected chi connectivity index (χ2v) is 7.15. The fraction of sp³-hybridized carbons (Fsp3) is 0.421. The predicted octanol–water partition coefficient (Wildman–Crippen LogP) is 3.23. The molecular weight excluding hydrogens is 368 g/mol. The number of rotatable bonds is 10. The number of carboxylic acids is 1. The molecule has 0 bridgehead atoms. The van der Waals surface area contributed by atoms with Gasteiger partial charge in [-0.25, -0.2) is 4.98 Å². The number of amides is 1. The van der Waals surface area contributed by atoms with Gasteiger partial charge in [0.15, 0.2) is 11.5 Å². The van der Waals surface area contributed by atoms with Gasteiger partial charge in [-0.1, -0.05) is 12.8 Å². The SMILES string of the molecule is O=C(O)CCCCCCNC(=O)Cc1csc(-c2ccc3c(c2)OCO3)n1. The Morgan fingerprint density at radius 3 is 2.81 bits per heavy atom. The van der Waals surface area contributed by atoms with Crippen molar-refractivity contribution in [3.63, 3.8) is 0 Å². The minimum absolute atomic E-state index is 0.0527. The molecule has 0 aliphatic carbocycles. The quantitative estimate of drug-likeness (QED) is 0.605. The lowest BCUT2D eigenvalue weighted by molar-refractivity contribution is -0.137. The molecule has 7 nitrogen and oxygen atoms in total. The zero-order valence-corrected chi connectivity index (χ0v) is 15.7. The molecule has 0 saturated carbocycles. The molecule has 2 heterocycles. The maximum absolute atomic E-state index is 12.0. The highest BCUT2D eigenvalue weighted by Gasteiger charge is 2.15. The molecule has 2 aromatic rings. The fourth-order valence-electron chi connectivity index (χ4n) is 2.76. The van der Waals surface area contributed by atoms with Crippen LogP contribution in [-0.4, -0.2) is 35.3 Å². The summed E-state index contributed by atoms with van der Waals surface area (Å²) < 4.78 is 10.7. The Hall–Kier alpha value is -2.61. The van der Waals surface area contributed by atoms with Crippen LogP contribution in [0.3, 0.4) is 0 Å². The van der Waals surface area contributed by atoms with Gasteiger partial charge in [0.2, 0.25) is 12.7 Å². The largest absolute Gasteiger partial charge is 0.481 e. The summed E-state index contributed by atoms with van der Waals surface area (Å²) in [5.41, 5.74) is 1.68. The van der Waals surface area contributed by atoms with Crippen LogP contribution in [0.2, 0.25) is 0 Å². The van der Waals surface area contributed by atoms with Gasteiger partial charge in [-0.15, -0.1) is 11.3 Å². The Morgan fingerprint density at radius 2 is 1.96 bits per heavy atom. The van der Waals surface area contributed by atoms with Gasteiger partial charge in [0.25, 0.3) is 0 Å². The number of fused-ring (bicyclic) bond motifs is 1. The molecule has 0 atom stereocenters. The average molecular weight is 390 g/mol. The highest BCUT2D eigenvalue weighted by Crippen LogP contribution is 2.36. The van der Waals surface area contributed by atoms with E-state index in [1.165, 1.54) is 11.3 Å². The standard InChI is InChI=1S/C19H22N2O5S/c22-17(20-8-4-2-1-3-5-18(23)24)10-14-11-27-19(21-14)13-6-7-15-16(9-13)26-12-25-15/h6-7,9,11H,1-5,8,10,12H2,(H,20,22)(H,23,24).